The number of fused-ring (bicyclic) bond motifs is 4. The summed E-state index contributed by atoms with van der Waals surface area (Å²) in [4.78, 5) is 4.82. The summed E-state index contributed by atoms with van der Waals surface area (Å²) >= 11 is 0. The molecule has 110 valence electrons. The van der Waals surface area contributed by atoms with Crippen molar-refractivity contribution in [2.24, 2.45) is 0 Å². The Hall–Kier alpha value is -2.55. The van der Waals surface area contributed by atoms with Crippen LogP contribution >= 0.6 is 0 Å². The van der Waals surface area contributed by atoms with E-state index in [1.165, 1.54) is 5.56 Å². The van der Waals surface area contributed by atoms with E-state index < -0.39 is 0 Å². The first-order valence-electron chi connectivity index (χ1n) is 7.79. The van der Waals surface area contributed by atoms with E-state index in [1.54, 1.807) is 0 Å². The molecule has 0 unspecified atom stereocenters. The van der Waals surface area contributed by atoms with Gasteiger partial charge in [0.1, 0.15) is 0 Å². The summed E-state index contributed by atoms with van der Waals surface area (Å²) in [5.74, 6) is 1.72. The standard InChI is InChI=1S/C19H18N2O/c1-3-12-9-10-13-16(11-12)20-14(4-2)19-18(13)21-15-7-5-6-8-17(15)22-19/h5-11,21H,3-4H2,1-2H3. The van der Waals surface area contributed by atoms with Crippen molar-refractivity contribution in [2.75, 3.05) is 5.32 Å². The third-order valence-electron chi connectivity index (χ3n) is 4.18. The minimum absolute atomic E-state index is 0.846. The monoisotopic (exact) mass is 290 g/mol. The minimum Gasteiger partial charge on any atom is -0.451 e. The molecule has 22 heavy (non-hydrogen) atoms. The van der Waals surface area contributed by atoms with Gasteiger partial charge >= 0.3 is 0 Å². The predicted octanol–water partition coefficient (Wildman–Crippen LogP) is 5.21. The van der Waals surface area contributed by atoms with E-state index in [9.17, 15) is 0 Å². The lowest BCUT2D eigenvalue weighted by Gasteiger charge is -2.24. The Labute approximate surface area is 130 Å². The summed E-state index contributed by atoms with van der Waals surface area (Å²) in [6, 6.07) is 14.5. The topological polar surface area (TPSA) is 34.1 Å². The van der Waals surface area contributed by atoms with Crippen LogP contribution in [0.1, 0.15) is 25.1 Å². The van der Waals surface area contributed by atoms with Crippen LogP contribution in [0.25, 0.3) is 10.9 Å². The SMILES string of the molecule is CCc1ccc2c3c(c(CC)nc2c1)Oc1ccccc1N3. The zero-order valence-corrected chi connectivity index (χ0v) is 12.8. The van der Waals surface area contributed by atoms with Crippen molar-refractivity contribution in [3.63, 3.8) is 0 Å². The lowest BCUT2D eigenvalue weighted by Crippen LogP contribution is -2.07. The number of anilines is 2. The van der Waals surface area contributed by atoms with E-state index in [0.29, 0.717) is 0 Å². The van der Waals surface area contributed by atoms with Gasteiger partial charge in [0.25, 0.3) is 0 Å². The third kappa shape index (κ3) is 1.93. The van der Waals surface area contributed by atoms with Gasteiger partial charge in [-0.15, -0.1) is 0 Å². The predicted molar refractivity (Wildman–Crippen MR) is 90.3 cm³/mol. The molecule has 3 nitrogen and oxygen atoms in total. The Morgan fingerprint density at radius 3 is 2.73 bits per heavy atom. The number of aromatic nitrogens is 1. The van der Waals surface area contributed by atoms with E-state index in [4.69, 9.17) is 9.72 Å². The zero-order chi connectivity index (χ0) is 15.1. The maximum Gasteiger partial charge on any atom is 0.173 e. The fraction of sp³-hybridized carbons (Fsp3) is 0.211. The number of nitrogens with zero attached hydrogens (tertiary/aromatic N) is 1. The highest BCUT2D eigenvalue weighted by Crippen LogP contribution is 2.46. The lowest BCUT2D eigenvalue weighted by molar-refractivity contribution is 0.473. The van der Waals surface area contributed by atoms with Crippen LogP contribution in [0.3, 0.4) is 0 Å². The van der Waals surface area contributed by atoms with Crippen LogP contribution in [0, 0.1) is 0 Å². The van der Waals surface area contributed by atoms with Crippen LogP contribution in [0.4, 0.5) is 11.4 Å². The van der Waals surface area contributed by atoms with E-state index in [-0.39, 0.29) is 0 Å². The van der Waals surface area contributed by atoms with Crippen molar-refractivity contribution >= 4 is 22.3 Å². The molecule has 1 aromatic heterocycles. The summed E-state index contributed by atoms with van der Waals surface area (Å²) in [7, 11) is 0. The first-order valence-corrected chi connectivity index (χ1v) is 7.79. The van der Waals surface area contributed by atoms with E-state index in [2.05, 4.69) is 37.4 Å². The van der Waals surface area contributed by atoms with Gasteiger partial charge in [-0.05, 0) is 36.6 Å². The van der Waals surface area contributed by atoms with Gasteiger partial charge in [0.05, 0.1) is 22.6 Å². The summed E-state index contributed by atoms with van der Waals surface area (Å²) in [5.41, 5.74) is 5.37. The number of benzene rings is 2. The second kappa shape index (κ2) is 5.02. The van der Waals surface area contributed by atoms with Gasteiger partial charge in [0.2, 0.25) is 0 Å². The number of nitrogens with one attached hydrogen (secondary N) is 1. The van der Waals surface area contributed by atoms with Crippen LogP contribution in [0.2, 0.25) is 0 Å². The number of para-hydroxylation sites is 2. The molecule has 3 aromatic rings. The molecule has 0 fully saturated rings. The molecule has 2 aromatic carbocycles. The second-order valence-corrected chi connectivity index (χ2v) is 5.54. The molecule has 0 amide bonds. The Balaban J connectivity index is 1.98. The Morgan fingerprint density at radius 2 is 1.91 bits per heavy atom. The van der Waals surface area contributed by atoms with E-state index >= 15 is 0 Å². The molecule has 0 bridgehead atoms. The van der Waals surface area contributed by atoms with Gasteiger partial charge in [-0.2, -0.15) is 0 Å². The molecule has 2 heterocycles. The Kier molecular flexibility index (Phi) is 3.00. The van der Waals surface area contributed by atoms with Gasteiger partial charge in [0.15, 0.2) is 11.5 Å². The normalized spacial score (nSPS) is 12.3. The molecular formula is C19H18N2O. The fourth-order valence-corrected chi connectivity index (χ4v) is 2.94. The number of rotatable bonds is 2. The number of aryl methyl sites for hydroxylation is 2. The molecule has 0 atom stereocenters. The van der Waals surface area contributed by atoms with Crippen LogP contribution in [-0.2, 0) is 12.8 Å². The van der Waals surface area contributed by atoms with Gasteiger partial charge in [-0.25, -0.2) is 4.98 Å². The van der Waals surface area contributed by atoms with Gasteiger partial charge in [-0.1, -0.05) is 38.1 Å². The van der Waals surface area contributed by atoms with E-state index in [0.717, 1.165) is 52.3 Å². The molecule has 3 heteroatoms. The highest BCUT2D eigenvalue weighted by atomic mass is 16.5. The summed E-state index contributed by atoms with van der Waals surface area (Å²) < 4.78 is 6.14. The molecule has 0 spiro atoms. The average Bonchev–Trinajstić information content (AvgIpc) is 2.58. The van der Waals surface area contributed by atoms with Crippen molar-refractivity contribution < 1.29 is 4.74 Å². The largest absolute Gasteiger partial charge is 0.451 e. The zero-order valence-electron chi connectivity index (χ0n) is 12.8. The Bertz CT molecular complexity index is 871. The highest BCUT2D eigenvalue weighted by Gasteiger charge is 2.22. The van der Waals surface area contributed by atoms with Crippen molar-refractivity contribution in [3.8, 4) is 11.5 Å². The van der Waals surface area contributed by atoms with Gasteiger partial charge in [0, 0.05) is 5.39 Å². The minimum atomic E-state index is 0.846. The number of hydrogen-bond donors (Lipinski definition) is 1. The molecule has 1 N–H and O–H groups in total. The lowest BCUT2D eigenvalue weighted by atomic mass is 10.0. The van der Waals surface area contributed by atoms with Crippen LogP contribution in [0.15, 0.2) is 42.5 Å². The molecule has 0 aliphatic carbocycles. The first kappa shape index (κ1) is 13.1. The molecule has 0 saturated heterocycles. The van der Waals surface area contributed by atoms with Crippen LogP contribution < -0.4 is 10.1 Å². The molecule has 1 aliphatic rings. The van der Waals surface area contributed by atoms with Crippen molar-refractivity contribution in [2.45, 2.75) is 26.7 Å². The quantitative estimate of drug-likeness (QED) is 0.550. The number of pyridine rings is 1. The van der Waals surface area contributed by atoms with Gasteiger partial charge < -0.3 is 10.1 Å². The maximum atomic E-state index is 6.14. The summed E-state index contributed by atoms with van der Waals surface area (Å²) in [5, 5.41) is 4.64. The average molecular weight is 290 g/mol. The first-order chi connectivity index (χ1) is 10.8. The highest BCUT2D eigenvalue weighted by molar-refractivity contribution is 5.99. The van der Waals surface area contributed by atoms with Crippen molar-refractivity contribution in [1.82, 2.24) is 4.98 Å². The van der Waals surface area contributed by atoms with Crippen LogP contribution in [0.5, 0.6) is 11.5 Å². The Morgan fingerprint density at radius 1 is 1.05 bits per heavy atom. The smallest absolute Gasteiger partial charge is 0.173 e. The maximum absolute atomic E-state index is 6.14. The molecule has 0 radical (unpaired) electrons. The van der Waals surface area contributed by atoms with Crippen molar-refractivity contribution in [1.29, 1.82) is 0 Å². The van der Waals surface area contributed by atoms with Crippen LogP contribution in [-0.4, -0.2) is 4.98 Å². The fourth-order valence-electron chi connectivity index (χ4n) is 2.94. The van der Waals surface area contributed by atoms with Gasteiger partial charge in [-0.3, -0.25) is 0 Å². The summed E-state index contributed by atoms with van der Waals surface area (Å²) in [6.45, 7) is 4.28. The molecular weight excluding hydrogens is 272 g/mol. The summed E-state index contributed by atoms with van der Waals surface area (Å²) in [6.07, 6.45) is 1.86. The van der Waals surface area contributed by atoms with E-state index in [1.807, 2.05) is 24.3 Å². The molecule has 4 rings (SSSR count). The van der Waals surface area contributed by atoms with Crippen molar-refractivity contribution in [3.05, 3.63) is 53.7 Å². The molecule has 0 saturated carbocycles. The molecule has 1 aliphatic heterocycles. The number of hydrogen-bond acceptors (Lipinski definition) is 3. The second-order valence-electron chi connectivity index (χ2n) is 5.54. The number of ether oxygens (including phenoxy) is 1. The third-order valence-corrected chi connectivity index (χ3v) is 4.18.